The van der Waals surface area contributed by atoms with Crippen molar-refractivity contribution in [1.82, 2.24) is 14.8 Å². The Morgan fingerprint density at radius 3 is 2.61 bits per heavy atom. The van der Waals surface area contributed by atoms with E-state index in [-0.39, 0.29) is 5.69 Å². The van der Waals surface area contributed by atoms with Crippen molar-refractivity contribution >= 4 is 33.8 Å². The summed E-state index contributed by atoms with van der Waals surface area (Å²) in [6, 6.07) is 12.6. The van der Waals surface area contributed by atoms with Gasteiger partial charge in [-0.15, -0.1) is 0 Å². The second-order valence-corrected chi connectivity index (χ2v) is 6.19. The van der Waals surface area contributed by atoms with Crippen LogP contribution in [0.5, 0.6) is 0 Å². The van der Waals surface area contributed by atoms with E-state index in [0.29, 0.717) is 21.7 Å². The Labute approximate surface area is 145 Å². The molecule has 0 radical (unpaired) electrons. The number of hydrogen-bond donors (Lipinski definition) is 1. The molecule has 116 valence electrons. The van der Waals surface area contributed by atoms with Crippen LogP contribution >= 0.6 is 28.1 Å². The van der Waals surface area contributed by atoms with Gasteiger partial charge in [-0.25, -0.2) is 0 Å². The SMILES string of the molecule is Cc1cccc(-c2n[nH]c(=S)n2-c2ccc(Br)cc2)c1[N+](=O)[O-]. The molecule has 8 heteroatoms. The Bertz CT molecular complexity index is 947. The molecule has 6 nitrogen and oxygen atoms in total. The van der Waals surface area contributed by atoms with Crippen LogP contribution in [0.15, 0.2) is 46.9 Å². The molecule has 1 heterocycles. The fourth-order valence-corrected chi connectivity index (χ4v) is 2.89. The summed E-state index contributed by atoms with van der Waals surface area (Å²) < 4.78 is 2.99. The molecular weight excluding hydrogens is 380 g/mol. The van der Waals surface area contributed by atoms with Crippen molar-refractivity contribution < 1.29 is 4.92 Å². The van der Waals surface area contributed by atoms with Gasteiger partial charge in [0.05, 0.1) is 16.2 Å². The number of aryl methyl sites for hydroxylation is 1. The van der Waals surface area contributed by atoms with Crippen LogP contribution in [-0.4, -0.2) is 19.7 Å². The van der Waals surface area contributed by atoms with E-state index in [4.69, 9.17) is 12.2 Å². The lowest BCUT2D eigenvalue weighted by atomic mass is 10.1. The molecule has 0 bridgehead atoms. The lowest BCUT2D eigenvalue weighted by molar-refractivity contribution is -0.384. The van der Waals surface area contributed by atoms with Crippen LogP contribution in [-0.2, 0) is 0 Å². The lowest BCUT2D eigenvalue weighted by Crippen LogP contribution is -2.01. The standard InChI is InChI=1S/C15H11BrN4O2S/c1-9-3-2-4-12(13(9)20(21)22)14-17-18-15(23)19(14)11-7-5-10(16)6-8-11/h2-8H,1H3,(H,18,23). The van der Waals surface area contributed by atoms with Crippen LogP contribution in [0, 0.1) is 21.8 Å². The van der Waals surface area contributed by atoms with Crippen molar-refractivity contribution in [3.63, 3.8) is 0 Å². The Hall–Kier alpha value is -2.32. The van der Waals surface area contributed by atoms with Gasteiger partial charge < -0.3 is 0 Å². The second-order valence-electron chi connectivity index (χ2n) is 4.89. The molecule has 0 fully saturated rings. The molecule has 1 N–H and O–H groups in total. The number of H-pyrrole nitrogens is 1. The highest BCUT2D eigenvalue weighted by atomic mass is 79.9. The van der Waals surface area contributed by atoms with Crippen molar-refractivity contribution in [2.24, 2.45) is 0 Å². The number of aromatic nitrogens is 3. The molecule has 0 aliphatic rings. The smallest absolute Gasteiger partial charge is 0.268 e. The van der Waals surface area contributed by atoms with Crippen LogP contribution in [0.2, 0.25) is 0 Å². The predicted octanol–water partition coefficient (Wildman–Crippen LogP) is 4.58. The average Bonchev–Trinajstić information content (AvgIpc) is 2.89. The molecule has 0 aliphatic heterocycles. The van der Waals surface area contributed by atoms with E-state index in [1.165, 1.54) is 0 Å². The third-order valence-electron chi connectivity index (χ3n) is 3.42. The molecule has 0 aliphatic carbocycles. The van der Waals surface area contributed by atoms with Crippen LogP contribution in [0.4, 0.5) is 5.69 Å². The predicted molar refractivity (Wildman–Crippen MR) is 93.3 cm³/mol. The number of benzene rings is 2. The number of nitro benzene ring substituents is 1. The average molecular weight is 391 g/mol. The van der Waals surface area contributed by atoms with Gasteiger partial charge in [0.25, 0.3) is 5.69 Å². The van der Waals surface area contributed by atoms with Crippen LogP contribution < -0.4 is 0 Å². The maximum absolute atomic E-state index is 11.4. The molecule has 0 spiro atoms. The van der Waals surface area contributed by atoms with Crippen molar-refractivity contribution in [2.75, 3.05) is 0 Å². The van der Waals surface area contributed by atoms with Gasteiger partial charge >= 0.3 is 0 Å². The fourth-order valence-electron chi connectivity index (χ4n) is 2.39. The minimum atomic E-state index is -0.395. The van der Waals surface area contributed by atoms with E-state index in [1.54, 1.807) is 29.7 Å². The number of aromatic amines is 1. The van der Waals surface area contributed by atoms with Gasteiger partial charge in [0, 0.05) is 10.0 Å². The Kier molecular flexibility index (Phi) is 4.10. The molecular formula is C15H11BrN4O2S. The van der Waals surface area contributed by atoms with E-state index in [9.17, 15) is 10.1 Å². The van der Waals surface area contributed by atoms with Gasteiger partial charge in [0.15, 0.2) is 10.6 Å². The third kappa shape index (κ3) is 2.82. The highest BCUT2D eigenvalue weighted by Crippen LogP contribution is 2.32. The van der Waals surface area contributed by atoms with Crippen LogP contribution in [0.3, 0.4) is 0 Å². The number of halogens is 1. The van der Waals surface area contributed by atoms with E-state index in [1.807, 2.05) is 24.3 Å². The number of nitrogens with zero attached hydrogens (tertiary/aromatic N) is 3. The molecule has 3 rings (SSSR count). The van der Waals surface area contributed by atoms with E-state index < -0.39 is 4.92 Å². The summed E-state index contributed by atoms with van der Waals surface area (Å²) in [6.07, 6.45) is 0. The number of para-hydroxylation sites is 1. The molecule has 0 atom stereocenters. The van der Waals surface area contributed by atoms with Crippen molar-refractivity contribution in [1.29, 1.82) is 0 Å². The Balaban J connectivity index is 2.28. The first-order valence-corrected chi connectivity index (χ1v) is 7.87. The minimum absolute atomic E-state index is 0.0276. The first-order valence-electron chi connectivity index (χ1n) is 6.67. The highest BCUT2D eigenvalue weighted by molar-refractivity contribution is 9.10. The number of hydrogen-bond acceptors (Lipinski definition) is 4. The summed E-state index contributed by atoms with van der Waals surface area (Å²) in [4.78, 5) is 11.0. The zero-order valence-electron chi connectivity index (χ0n) is 12.0. The normalized spacial score (nSPS) is 10.7. The van der Waals surface area contributed by atoms with Gasteiger partial charge in [-0.2, -0.15) is 5.10 Å². The zero-order valence-corrected chi connectivity index (χ0v) is 14.4. The van der Waals surface area contributed by atoms with E-state index >= 15 is 0 Å². The summed E-state index contributed by atoms with van der Waals surface area (Å²) in [5, 5.41) is 18.4. The van der Waals surface area contributed by atoms with Crippen LogP contribution in [0.25, 0.3) is 17.1 Å². The summed E-state index contributed by atoms with van der Waals surface area (Å²) in [5.41, 5.74) is 1.80. The van der Waals surface area contributed by atoms with Gasteiger partial charge in [-0.3, -0.25) is 19.8 Å². The first-order chi connectivity index (χ1) is 11.0. The summed E-state index contributed by atoms with van der Waals surface area (Å²) >= 11 is 8.68. The maximum Gasteiger partial charge on any atom is 0.283 e. The van der Waals surface area contributed by atoms with Gasteiger partial charge in [0.2, 0.25) is 0 Å². The molecule has 0 unspecified atom stereocenters. The van der Waals surface area contributed by atoms with Crippen molar-refractivity contribution in [3.8, 4) is 17.1 Å². The molecule has 0 saturated carbocycles. The largest absolute Gasteiger partial charge is 0.283 e. The lowest BCUT2D eigenvalue weighted by Gasteiger charge is -2.08. The molecule has 0 amide bonds. The Morgan fingerprint density at radius 1 is 1.26 bits per heavy atom. The molecule has 23 heavy (non-hydrogen) atoms. The monoisotopic (exact) mass is 390 g/mol. The summed E-state index contributed by atoms with van der Waals surface area (Å²) in [6.45, 7) is 1.70. The number of nitro groups is 1. The van der Waals surface area contributed by atoms with Gasteiger partial charge in [-0.05, 0) is 49.5 Å². The molecule has 1 aromatic heterocycles. The van der Waals surface area contributed by atoms with E-state index in [0.717, 1.165) is 10.2 Å². The summed E-state index contributed by atoms with van der Waals surface area (Å²) in [7, 11) is 0. The van der Waals surface area contributed by atoms with Crippen molar-refractivity contribution in [2.45, 2.75) is 6.92 Å². The number of nitrogens with one attached hydrogen (secondary N) is 1. The first kappa shape index (κ1) is 15.6. The second kappa shape index (κ2) is 6.05. The van der Waals surface area contributed by atoms with E-state index in [2.05, 4.69) is 26.1 Å². The molecule has 0 saturated heterocycles. The molecule has 3 aromatic rings. The maximum atomic E-state index is 11.4. The molecule has 2 aromatic carbocycles. The van der Waals surface area contributed by atoms with Crippen LogP contribution in [0.1, 0.15) is 5.56 Å². The quantitative estimate of drug-likeness (QED) is 0.403. The Morgan fingerprint density at radius 2 is 1.96 bits per heavy atom. The van der Waals surface area contributed by atoms with Gasteiger partial charge in [-0.1, -0.05) is 28.1 Å². The van der Waals surface area contributed by atoms with Crippen molar-refractivity contribution in [3.05, 3.63) is 67.4 Å². The topological polar surface area (TPSA) is 76.8 Å². The summed E-state index contributed by atoms with van der Waals surface area (Å²) in [5.74, 6) is 0.410. The van der Waals surface area contributed by atoms with Gasteiger partial charge in [0.1, 0.15) is 0 Å². The highest BCUT2D eigenvalue weighted by Gasteiger charge is 2.23. The fraction of sp³-hybridized carbons (Fsp3) is 0.0667. The number of rotatable bonds is 3. The third-order valence-corrected chi connectivity index (χ3v) is 4.22. The minimum Gasteiger partial charge on any atom is -0.268 e. The zero-order chi connectivity index (χ0) is 16.6.